The van der Waals surface area contributed by atoms with Crippen LogP contribution in [0.25, 0.3) is 10.9 Å². The minimum atomic E-state index is -0.188. The van der Waals surface area contributed by atoms with Crippen molar-refractivity contribution in [3.63, 3.8) is 0 Å². The van der Waals surface area contributed by atoms with Crippen LogP contribution in [0.4, 0.5) is 11.4 Å². The van der Waals surface area contributed by atoms with Gasteiger partial charge in [0.05, 0.1) is 37.5 Å². The predicted molar refractivity (Wildman–Crippen MR) is 122 cm³/mol. The quantitative estimate of drug-likeness (QED) is 0.445. The summed E-state index contributed by atoms with van der Waals surface area (Å²) in [5.74, 6) is 1.70. The maximum absolute atomic E-state index is 12.5. The van der Waals surface area contributed by atoms with Crippen LogP contribution in [0, 0.1) is 0 Å². The highest BCUT2D eigenvalue weighted by Gasteiger charge is 2.14. The second-order valence-corrected chi connectivity index (χ2v) is 7.48. The summed E-state index contributed by atoms with van der Waals surface area (Å²) in [6.45, 7) is 0.966. The van der Waals surface area contributed by atoms with Gasteiger partial charge in [0, 0.05) is 24.0 Å². The van der Waals surface area contributed by atoms with E-state index < -0.39 is 0 Å². The third-order valence-electron chi connectivity index (χ3n) is 5.34. The van der Waals surface area contributed by atoms with Crippen LogP contribution in [0.2, 0.25) is 0 Å². The zero-order valence-corrected chi connectivity index (χ0v) is 18.2. The standard InChI is InChI=1S/C23H22N6O4/c1-31-20-8-17-19(9-21(20)32-2)25-13-26-23(17)33-16-10-27-29(11-16)12-22(30)28-15-4-3-14-5-6-24-18(14)7-15/h3-4,7-11,13,24H,5-6,12H2,1-2H3,(H,28,30). The molecule has 2 N–H and O–H groups in total. The molecule has 0 unspecified atom stereocenters. The zero-order chi connectivity index (χ0) is 22.8. The molecule has 5 rings (SSSR count). The Labute approximate surface area is 189 Å². The molecule has 10 heteroatoms. The van der Waals surface area contributed by atoms with Crippen LogP contribution >= 0.6 is 0 Å². The van der Waals surface area contributed by atoms with Crippen molar-refractivity contribution < 1.29 is 19.0 Å². The van der Waals surface area contributed by atoms with Gasteiger partial charge in [-0.2, -0.15) is 5.10 Å². The number of rotatable bonds is 7. The molecule has 0 bridgehead atoms. The maximum Gasteiger partial charge on any atom is 0.246 e. The van der Waals surface area contributed by atoms with Gasteiger partial charge in [-0.15, -0.1) is 0 Å². The summed E-state index contributed by atoms with van der Waals surface area (Å²) < 4.78 is 18.1. The lowest BCUT2D eigenvalue weighted by molar-refractivity contribution is -0.116. The number of fused-ring (bicyclic) bond motifs is 2. The average Bonchev–Trinajstić information content (AvgIpc) is 3.47. The van der Waals surface area contributed by atoms with E-state index >= 15 is 0 Å². The van der Waals surface area contributed by atoms with E-state index in [4.69, 9.17) is 14.2 Å². The van der Waals surface area contributed by atoms with Crippen LogP contribution in [0.5, 0.6) is 23.1 Å². The first-order valence-corrected chi connectivity index (χ1v) is 10.4. The highest BCUT2D eigenvalue weighted by atomic mass is 16.5. The molecule has 2 aromatic heterocycles. The molecule has 1 aliphatic rings. The van der Waals surface area contributed by atoms with Gasteiger partial charge >= 0.3 is 0 Å². The van der Waals surface area contributed by atoms with E-state index in [9.17, 15) is 4.79 Å². The van der Waals surface area contributed by atoms with E-state index in [0.717, 1.165) is 24.3 Å². The molecule has 10 nitrogen and oxygen atoms in total. The Balaban J connectivity index is 1.29. The summed E-state index contributed by atoms with van der Waals surface area (Å²) in [5.41, 5.74) is 3.71. The number of anilines is 2. The van der Waals surface area contributed by atoms with Crippen molar-refractivity contribution in [3.8, 4) is 23.1 Å². The molecule has 0 fully saturated rings. The van der Waals surface area contributed by atoms with Gasteiger partial charge < -0.3 is 24.8 Å². The van der Waals surface area contributed by atoms with Gasteiger partial charge in [-0.25, -0.2) is 9.97 Å². The molecule has 0 saturated heterocycles. The van der Waals surface area contributed by atoms with Crippen LogP contribution in [-0.2, 0) is 17.8 Å². The molecule has 0 spiro atoms. The minimum Gasteiger partial charge on any atom is -0.493 e. The van der Waals surface area contributed by atoms with E-state index in [1.165, 1.54) is 22.8 Å². The van der Waals surface area contributed by atoms with Gasteiger partial charge in [0.15, 0.2) is 17.2 Å². The number of hydrogen-bond acceptors (Lipinski definition) is 8. The van der Waals surface area contributed by atoms with Gasteiger partial charge in [0.1, 0.15) is 12.9 Å². The largest absolute Gasteiger partial charge is 0.493 e. The van der Waals surface area contributed by atoms with Crippen molar-refractivity contribution >= 4 is 28.2 Å². The molecular formula is C23H22N6O4. The number of carbonyl (C=O) groups excluding carboxylic acids is 1. The van der Waals surface area contributed by atoms with E-state index in [-0.39, 0.29) is 12.5 Å². The SMILES string of the molecule is COc1cc2ncnc(Oc3cnn(CC(=O)Nc4ccc5c(c4)NCC5)c3)c2cc1OC. The number of hydrogen-bond donors (Lipinski definition) is 2. The molecule has 0 radical (unpaired) electrons. The first-order chi connectivity index (χ1) is 16.1. The molecule has 0 atom stereocenters. The number of aromatic nitrogens is 4. The second kappa shape index (κ2) is 8.65. The number of methoxy groups -OCH3 is 2. The molecule has 4 aromatic rings. The van der Waals surface area contributed by atoms with Crippen LogP contribution in [0.3, 0.4) is 0 Å². The Kier molecular flexibility index (Phi) is 5.39. The Morgan fingerprint density at radius 3 is 2.85 bits per heavy atom. The molecule has 3 heterocycles. The average molecular weight is 446 g/mol. The first-order valence-electron chi connectivity index (χ1n) is 10.4. The number of amides is 1. The van der Waals surface area contributed by atoms with Crippen molar-refractivity contribution in [1.29, 1.82) is 0 Å². The van der Waals surface area contributed by atoms with Gasteiger partial charge in [-0.05, 0) is 30.2 Å². The van der Waals surface area contributed by atoms with Gasteiger partial charge in [0.25, 0.3) is 0 Å². The van der Waals surface area contributed by atoms with Crippen molar-refractivity contribution in [1.82, 2.24) is 19.7 Å². The molecule has 1 amide bonds. The highest BCUT2D eigenvalue weighted by Crippen LogP contribution is 2.35. The highest BCUT2D eigenvalue weighted by molar-refractivity contribution is 5.91. The summed E-state index contributed by atoms with van der Waals surface area (Å²) in [7, 11) is 3.12. The topological polar surface area (TPSA) is 112 Å². The predicted octanol–water partition coefficient (Wildman–Crippen LogP) is 3.24. The normalized spacial score (nSPS) is 12.2. The molecular weight excluding hydrogens is 424 g/mol. The van der Waals surface area contributed by atoms with Crippen molar-refractivity contribution in [3.05, 3.63) is 54.6 Å². The molecule has 168 valence electrons. The van der Waals surface area contributed by atoms with Crippen LogP contribution < -0.4 is 24.8 Å². The number of nitrogens with one attached hydrogen (secondary N) is 2. The minimum absolute atomic E-state index is 0.0451. The fourth-order valence-corrected chi connectivity index (χ4v) is 3.75. The summed E-state index contributed by atoms with van der Waals surface area (Å²) in [6.07, 6.45) is 5.58. The Bertz CT molecular complexity index is 1340. The van der Waals surface area contributed by atoms with Crippen molar-refractivity contribution in [2.45, 2.75) is 13.0 Å². The second-order valence-electron chi connectivity index (χ2n) is 7.48. The van der Waals surface area contributed by atoms with Crippen LogP contribution in [0.15, 0.2) is 49.1 Å². The molecule has 0 saturated carbocycles. The lowest BCUT2D eigenvalue weighted by Gasteiger charge is -2.10. The summed E-state index contributed by atoms with van der Waals surface area (Å²) in [6, 6.07) is 9.39. The van der Waals surface area contributed by atoms with Crippen LogP contribution in [-0.4, -0.2) is 46.4 Å². The Morgan fingerprint density at radius 1 is 1.15 bits per heavy atom. The third-order valence-corrected chi connectivity index (χ3v) is 5.34. The summed E-state index contributed by atoms with van der Waals surface area (Å²) in [4.78, 5) is 21.0. The number of benzene rings is 2. The summed E-state index contributed by atoms with van der Waals surface area (Å²) >= 11 is 0. The number of ether oxygens (including phenoxy) is 3. The number of nitrogens with zero attached hydrogens (tertiary/aromatic N) is 4. The van der Waals surface area contributed by atoms with E-state index in [2.05, 4.69) is 25.7 Å². The Hall–Kier alpha value is -4.34. The Morgan fingerprint density at radius 2 is 2.00 bits per heavy atom. The first kappa shape index (κ1) is 20.6. The summed E-state index contributed by atoms with van der Waals surface area (Å²) in [5, 5.41) is 11.1. The zero-order valence-electron chi connectivity index (χ0n) is 18.2. The van der Waals surface area contributed by atoms with E-state index in [1.807, 2.05) is 18.2 Å². The monoisotopic (exact) mass is 446 g/mol. The molecule has 1 aliphatic heterocycles. The van der Waals surface area contributed by atoms with Gasteiger partial charge in [0.2, 0.25) is 11.8 Å². The van der Waals surface area contributed by atoms with Gasteiger partial charge in [-0.3, -0.25) is 9.48 Å². The molecule has 33 heavy (non-hydrogen) atoms. The molecule has 0 aliphatic carbocycles. The number of carbonyl (C=O) groups is 1. The smallest absolute Gasteiger partial charge is 0.246 e. The van der Waals surface area contributed by atoms with Crippen molar-refractivity contribution in [2.24, 2.45) is 0 Å². The lowest BCUT2D eigenvalue weighted by atomic mass is 10.1. The van der Waals surface area contributed by atoms with Crippen molar-refractivity contribution in [2.75, 3.05) is 31.4 Å². The fourth-order valence-electron chi connectivity index (χ4n) is 3.75. The maximum atomic E-state index is 12.5. The van der Waals surface area contributed by atoms with E-state index in [0.29, 0.717) is 34.0 Å². The van der Waals surface area contributed by atoms with Gasteiger partial charge in [-0.1, -0.05) is 6.07 Å². The third kappa shape index (κ3) is 4.22. The van der Waals surface area contributed by atoms with Crippen LogP contribution in [0.1, 0.15) is 5.56 Å². The lowest BCUT2D eigenvalue weighted by Crippen LogP contribution is -2.19. The fraction of sp³-hybridized carbons (Fsp3) is 0.217. The molecule has 2 aromatic carbocycles. The van der Waals surface area contributed by atoms with E-state index in [1.54, 1.807) is 32.5 Å².